The van der Waals surface area contributed by atoms with Crippen LogP contribution in [-0.4, -0.2) is 20.7 Å². The first kappa shape index (κ1) is 17.5. The number of benzene rings is 2. The van der Waals surface area contributed by atoms with Crippen LogP contribution in [0.4, 0.5) is 10.1 Å². The first-order valence-corrected chi connectivity index (χ1v) is 8.81. The average Bonchev–Trinajstić information content (AvgIpc) is 3.05. The van der Waals surface area contributed by atoms with Crippen LogP contribution in [0.5, 0.6) is 0 Å². The van der Waals surface area contributed by atoms with Crippen LogP contribution in [0.3, 0.4) is 0 Å². The second kappa shape index (κ2) is 7.72. The number of para-hydroxylation sites is 1. The van der Waals surface area contributed by atoms with Crippen molar-refractivity contribution in [1.29, 1.82) is 0 Å². The molecule has 0 radical (unpaired) electrons. The molecule has 1 heterocycles. The zero-order valence-corrected chi connectivity index (χ0v) is 14.9. The van der Waals surface area contributed by atoms with Crippen LogP contribution in [0.15, 0.2) is 66.1 Å². The fraction of sp³-hybridized carbons (Fsp3) is 0.111. The molecule has 7 heteroatoms. The number of rotatable bonds is 5. The molecule has 0 aliphatic heterocycles. The monoisotopic (exact) mass is 375 g/mol. The molecular formula is C18H15ClFN3OS. The van der Waals surface area contributed by atoms with E-state index in [2.05, 4.69) is 10.3 Å². The van der Waals surface area contributed by atoms with Crippen molar-refractivity contribution in [2.75, 3.05) is 5.32 Å². The van der Waals surface area contributed by atoms with Gasteiger partial charge in [0.05, 0.1) is 10.9 Å². The van der Waals surface area contributed by atoms with Crippen LogP contribution in [0, 0.1) is 5.82 Å². The van der Waals surface area contributed by atoms with E-state index in [-0.39, 0.29) is 11.6 Å². The molecule has 2 aromatic carbocycles. The van der Waals surface area contributed by atoms with Crippen LogP contribution < -0.4 is 5.32 Å². The molecule has 3 rings (SSSR count). The van der Waals surface area contributed by atoms with Gasteiger partial charge in [-0.3, -0.25) is 9.36 Å². The molecule has 0 aliphatic rings. The number of halogens is 2. The zero-order valence-electron chi connectivity index (χ0n) is 13.3. The van der Waals surface area contributed by atoms with Gasteiger partial charge in [-0.15, -0.1) is 0 Å². The number of anilines is 1. The molecule has 1 atom stereocenters. The Hall–Kier alpha value is -2.31. The third-order valence-corrected chi connectivity index (χ3v) is 4.79. The molecule has 0 spiro atoms. The Balaban J connectivity index is 1.74. The number of nitrogens with zero attached hydrogens (tertiary/aromatic N) is 2. The lowest BCUT2D eigenvalue weighted by Gasteiger charge is -2.13. The summed E-state index contributed by atoms with van der Waals surface area (Å²) >= 11 is 7.32. The van der Waals surface area contributed by atoms with E-state index in [0.717, 1.165) is 5.69 Å². The van der Waals surface area contributed by atoms with Gasteiger partial charge in [-0.25, -0.2) is 9.37 Å². The number of amides is 1. The minimum Gasteiger partial charge on any atom is -0.323 e. The maximum Gasteiger partial charge on any atom is 0.237 e. The smallest absolute Gasteiger partial charge is 0.237 e. The highest BCUT2D eigenvalue weighted by Crippen LogP contribution is 2.26. The Morgan fingerprint density at radius 1 is 1.28 bits per heavy atom. The third kappa shape index (κ3) is 4.21. The van der Waals surface area contributed by atoms with Crippen LogP contribution >= 0.6 is 23.4 Å². The Kier molecular flexibility index (Phi) is 5.40. The molecule has 1 amide bonds. The first-order valence-electron chi connectivity index (χ1n) is 7.56. The molecule has 128 valence electrons. The van der Waals surface area contributed by atoms with Crippen molar-refractivity contribution in [3.05, 3.63) is 71.8 Å². The summed E-state index contributed by atoms with van der Waals surface area (Å²) in [5.74, 6) is -0.760. The Bertz CT molecular complexity index is 899. The van der Waals surface area contributed by atoms with Gasteiger partial charge in [-0.1, -0.05) is 41.6 Å². The normalized spacial score (nSPS) is 12.0. The van der Waals surface area contributed by atoms with Crippen LogP contribution in [-0.2, 0) is 4.79 Å². The quantitative estimate of drug-likeness (QED) is 0.652. The Morgan fingerprint density at radius 2 is 2.08 bits per heavy atom. The predicted molar refractivity (Wildman–Crippen MR) is 98.9 cm³/mol. The molecule has 0 bridgehead atoms. The van der Waals surface area contributed by atoms with Crippen molar-refractivity contribution in [3.63, 3.8) is 0 Å². The van der Waals surface area contributed by atoms with E-state index in [1.54, 1.807) is 37.5 Å². The molecule has 0 saturated carbocycles. The number of hydrogen-bond acceptors (Lipinski definition) is 3. The van der Waals surface area contributed by atoms with Gasteiger partial charge in [0.1, 0.15) is 5.82 Å². The lowest BCUT2D eigenvalue weighted by molar-refractivity contribution is -0.115. The summed E-state index contributed by atoms with van der Waals surface area (Å²) in [5.41, 5.74) is 1.02. The third-order valence-electron chi connectivity index (χ3n) is 3.48. The highest BCUT2D eigenvalue weighted by molar-refractivity contribution is 8.00. The summed E-state index contributed by atoms with van der Waals surface area (Å²) in [4.78, 5) is 16.6. The molecule has 0 saturated heterocycles. The van der Waals surface area contributed by atoms with Crippen LogP contribution in [0.1, 0.15) is 6.92 Å². The van der Waals surface area contributed by atoms with Gasteiger partial charge >= 0.3 is 0 Å². The molecule has 1 aromatic heterocycles. The minimum absolute atomic E-state index is 0.165. The maximum absolute atomic E-state index is 13.7. The number of aromatic nitrogens is 2. The van der Waals surface area contributed by atoms with E-state index in [0.29, 0.717) is 10.2 Å². The van der Waals surface area contributed by atoms with Crippen molar-refractivity contribution in [2.24, 2.45) is 0 Å². The van der Waals surface area contributed by atoms with Gasteiger partial charge in [0.15, 0.2) is 5.16 Å². The van der Waals surface area contributed by atoms with Gasteiger partial charge in [0.25, 0.3) is 0 Å². The summed E-state index contributed by atoms with van der Waals surface area (Å²) in [6, 6.07) is 13.4. The van der Waals surface area contributed by atoms with Crippen molar-refractivity contribution >= 4 is 35.0 Å². The summed E-state index contributed by atoms with van der Waals surface area (Å²) < 4.78 is 15.5. The molecular weight excluding hydrogens is 361 g/mol. The average molecular weight is 376 g/mol. The fourth-order valence-electron chi connectivity index (χ4n) is 2.21. The number of carbonyl (C=O) groups is 1. The highest BCUT2D eigenvalue weighted by atomic mass is 35.5. The maximum atomic E-state index is 13.7. The predicted octanol–water partition coefficient (Wildman–Crippen LogP) is 4.78. The van der Waals surface area contributed by atoms with Gasteiger partial charge in [0.2, 0.25) is 5.91 Å². The number of nitrogens with one attached hydrogen (secondary N) is 1. The number of imidazole rings is 1. The molecule has 0 aliphatic carbocycles. The SMILES string of the molecule is CC(Sc1nccn1-c1cccc(Cl)c1)C(=O)Nc1ccccc1F. The lowest BCUT2D eigenvalue weighted by atomic mass is 10.3. The van der Waals surface area contributed by atoms with E-state index in [1.165, 1.54) is 23.9 Å². The van der Waals surface area contributed by atoms with E-state index in [9.17, 15) is 9.18 Å². The lowest BCUT2D eigenvalue weighted by Crippen LogP contribution is -2.23. The molecule has 1 N–H and O–H groups in total. The Morgan fingerprint density at radius 3 is 2.84 bits per heavy atom. The first-order chi connectivity index (χ1) is 12.0. The molecule has 25 heavy (non-hydrogen) atoms. The molecule has 3 aromatic rings. The van der Waals surface area contributed by atoms with Gasteiger partial charge in [-0.2, -0.15) is 0 Å². The molecule has 4 nitrogen and oxygen atoms in total. The van der Waals surface area contributed by atoms with Crippen molar-refractivity contribution in [3.8, 4) is 5.69 Å². The van der Waals surface area contributed by atoms with Gasteiger partial charge < -0.3 is 5.32 Å². The number of thioether (sulfide) groups is 1. The van der Waals surface area contributed by atoms with Crippen molar-refractivity contribution in [2.45, 2.75) is 17.3 Å². The van der Waals surface area contributed by atoms with E-state index < -0.39 is 11.1 Å². The summed E-state index contributed by atoms with van der Waals surface area (Å²) in [5, 5.41) is 3.41. The second-order valence-electron chi connectivity index (χ2n) is 5.29. The number of hydrogen-bond donors (Lipinski definition) is 1. The Labute approximate surface area is 154 Å². The summed E-state index contributed by atoms with van der Waals surface area (Å²) in [6.07, 6.45) is 3.46. The zero-order chi connectivity index (χ0) is 17.8. The number of carbonyl (C=O) groups excluding carboxylic acids is 1. The minimum atomic E-state index is -0.464. The molecule has 1 unspecified atom stereocenters. The summed E-state index contributed by atoms with van der Waals surface area (Å²) in [6.45, 7) is 1.75. The van der Waals surface area contributed by atoms with Crippen molar-refractivity contribution in [1.82, 2.24) is 9.55 Å². The van der Waals surface area contributed by atoms with Gasteiger partial charge in [0, 0.05) is 23.1 Å². The molecule has 0 fully saturated rings. The second-order valence-corrected chi connectivity index (χ2v) is 7.03. The highest BCUT2D eigenvalue weighted by Gasteiger charge is 2.19. The van der Waals surface area contributed by atoms with Crippen molar-refractivity contribution < 1.29 is 9.18 Å². The topological polar surface area (TPSA) is 46.9 Å². The fourth-order valence-corrected chi connectivity index (χ4v) is 3.28. The van der Waals surface area contributed by atoms with E-state index >= 15 is 0 Å². The van der Waals surface area contributed by atoms with Crippen LogP contribution in [0.2, 0.25) is 5.02 Å². The van der Waals surface area contributed by atoms with Crippen LogP contribution in [0.25, 0.3) is 5.69 Å². The largest absolute Gasteiger partial charge is 0.323 e. The van der Waals surface area contributed by atoms with Gasteiger partial charge in [-0.05, 0) is 37.3 Å². The summed E-state index contributed by atoms with van der Waals surface area (Å²) in [7, 11) is 0. The standard InChI is InChI=1S/C18H15ClFN3OS/c1-12(17(24)22-16-8-3-2-7-15(16)20)25-18-21-9-10-23(18)14-6-4-5-13(19)11-14/h2-12H,1H3,(H,22,24). The van der Waals surface area contributed by atoms with E-state index in [1.807, 2.05) is 22.8 Å². The van der Waals surface area contributed by atoms with E-state index in [4.69, 9.17) is 11.6 Å².